The summed E-state index contributed by atoms with van der Waals surface area (Å²) in [5.74, 6) is -0.278. The number of hydrogen-bond donors (Lipinski definition) is 4. The van der Waals surface area contributed by atoms with E-state index in [0.29, 0.717) is 187 Å². The number of rotatable bonds is 51. The van der Waals surface area contributed by atoms with E-state index >= 15 is 0 Å². The van der Waals surface area contributed by atoms with Gasteiger partial charge in [-0.25, -0.2) is 4.68 Å². The lowest BCUT2D eigenvalue weighted by molar-refractivity contribution is -0.916. The molecule has 702 valence electrons. The van der Waals surface area contributed by atoms with E-state index in [1.165, 1.54) is 71.4 Å². The molecule has 5 amide bonds. The van der Waals surface area contributed by atoms with Gasteiger partial charge < -0.3 is 110 Å². The molecule has 9 heterocycles. The van der Waals surface area contributed by atoms with Crippen LogP contribution < -0.4 is 23.1 Å². The van der Waals surface area contributed by atoms with Crippen LogP contribution in [-0.2, 0) is 139 Å². The fourth-order valence-electron chi connectivity index (χ4n) is 15.8. The number of carbonyl (C=O) groups is 5. The molecule has 0 saturated carbocycles. The third-order valence-electron chi connectivity index (χ3n) is 22.7. The fourth-order valence-corrected chi connectivity index (χ4v) is 18.7. The average Bonchev–Trinajstić information content (AvgIpc) is 1.74. The normalized spacial score (nSPS) is 18.7. The summed E-state index contributed by atoms with van der Waals surface area (Å²) in [6.07, 6.45) is 1.45. The lowest BCUT2D eigenvalue weighted by Crippen LogP contribution is -2.59. The summed E-state index contributed by atoms with van der Waals surface area (Å²) in [6, 6.07) is 27.0. The maximum absolute atomic E-state index is 14.6. The maximum atomic E-state index is 14.6. The van der Waals surface area contributed by atoms with Crippen LogP contribution in [0.15, 0.2) is 141 Å². The molecule has 4 N–H and O–H groups in total. The highest BCUT2D eigenvalue weighted by Crippen LogP contribution is 2.43. The van der Waals surface area contributed by atoms with Gasteiger partial charge in [-0.2, -0.15) is 8.42 Å². The van der Waals surface area contributed by atoms with Crippen molar-refractivity contribution >= 4 is 86.1 Å². The Morgan fingerprint density at radius 3 is 1.56 bits per heavy atom. The number of aliphatic imine (C=N–C) groups is 2. The first kappa shape index (κ1) is 96.7. The van der Waals surface area contributed by atoms with Gasteiger partial charge in [-0.15, -0.1) is 27.8 Å². The molecule has 1 unspecified atom stereocenters. The summed E-state index contributed by atoms with van der Waals surface area (Å²) < 4.78 is 118. The standard InChI is InChI=1S/C92H111N10O26S3/c1-97(16-19-116-22-25-119-26-23-117-20-17-98-53-68(95-96-98)59-124-35-34-123-33-32-122-31-30-121-29-28-120-27-24-118-21-18-99-85(104)12-13-86(99)105)90(109)65-9-8-64(41-81-87(106)89(108)88(107)82(56-103)127-81)76(42-65)128-131(112,113)71-10-6-60(7-11-71)54-102(2,3)55-61-38-62(57-125-79-47-74-72(45-77(79)114-4)91(110)100-51-66-14-36-129-83(66)43-69(100)49-93-74)40-63(39-61)58-126-80-48-75-73(46-78(80)115-5)92(111)101-52-67-15-37-130-84(67)44-70(101)50-94-75/h6-15,36-40,42,45-50,53,69-70,81-82,87-89,103,106-108H,16-35,41,43-44,51-52,54-59H2,1-5H3/q+1/t69-,70-,81+,82+,87?,88-,89+/m0/s1. The van der Waals surface area contributed by atoms with Crippen molar-refractivity contribution in [2.45, 2.75) is 119 Å². The van der Waals surface area contributed by atoms with Gasteiger partial charge >= 0.3 is 10.1 Å². The molecule has 8 aromatic rings. The Labute approximate surface area is 766 Å². The number of nitrogens with zero attached hydrogens (tertiary/aromatic N) is 10. The van der Waals surface area contributed by atoms with Crippen LogP contribution >= 0.6 is 22.7 Å². The number of fused-ring (bicyclic) bond motifs is 6. The molecule has 0 aliphatic carbocycles. The number of thiophene rings is 2. The summed E-state index contributed by atoms with van der Waals surface area (Å²) >= 11 is 3.36. The van der Waals surface area contributed by atoms with E-state index in [9.17, 15) is 52.8 Å². The lowest BCUT2D eigenvalue weighted by atomic mass is 9.91. The minimum Gasteiger partial charge on any atom is -0.493 e. The van der Waals surface area contributed by atoms with Crippen molar-refractivity contribution < 1.29 is 128 Å². The van der Waals surface area contributed by atoms with E-state index in [0.717, 1.165) is 38.3 Å². The number of hydrogen-bond acceptors (Lipinski definition) is 32. The molecule has 131 heavy (non-hydrogen) atoms. The highest BCUT2D eigenvalue weighted by molar-refractivity contribution is 7.87. The molecular formula is C92H111N10O26S3+. The summed E-state index contributed by atoms with van der Waals surface area (Å²) in [5, 5.41) is 54.9. The molecule has 6 aliphatic heterocycles. The van der Waals surface area contributed by atoms with Crippen molar-refractivity contribution in [2.24, 2.45) is 9.98 Å². The Bertz CT molecular complexity index is 5280. The number of likely N-dealkylation sites (N-methyl/N-ethyl adjacent to an activating group) is 1. The summed E-state index contributed by atoms with van der Waals surface area (Å²) in [6.45, 7) is 7.93. The number of amides is 5. The average molecular weight is 1870 g/mol. The topological polar surface area (TPSA) is 407 Å². The Morgan fingerprint density at radius 1 is 0.542 bits per heavy atom. The molecular weight excluding hydrogens is 1760 g/mol. The molecule has 39 heteroatoms. The van der Waals surface area contributed by atoms with Crippen molar-refractivity contribution in [1.82, 2.24) is 34.6 Å². The van der Waals surface area contributed by atoms with Gasteiger partial charge in [-0.05, 0) is 105 Å². The van der Waals surface area contributed by atoms with Gasteiger partial charge in [0.25, 0.3) is 29.5 Å². The van der Waals surface area contributed by atoms with Gasteiger partial charge in [0.1, 0.15) is 67.1 Å². The Kier molecular flexibility index (Phi) is 34.2. The highest BCUT2D eigenvalue weighted by Gasteiger charge is 2.44. The minimum absolute atomic E-state index is 0.0492. The fraction of sp³-hybridized carbons (Fsp3) is 0.467. The number of aliphatic hydroxyl groups excluding tert-OH is 4. The van der Waals surface area contributed by atoms with Gasteiger partial charge in [-0.3, -0.25) is 38.9 Å². The van der Waals surface area contributed by atoms with Crippen LogP contribution in [0.4, 0.5) is 11.4 Å². The minimum atomic E-state index is -4.68. The summed E-state index contributed by atoms with van der Waals surface area (Å²) in [7, 11) is 4.02. The van der Waals surface area contributed by atoms with E-state index in [-0.39, 0.29) is 123 Å². The number of imide groups is 1. The van der Waals surface area contributed by atoms with Crippen molar-refractivity contribution in [2.75, 3.05) is 167 Å². The second-order valence-corrected chi connectivity index (χ2v) is 36.2. The zero-order valence-electron chi connectivity index (χ0n) is 73.7. The van der Waals surface area contributed by atoms with E-state index in [2.05, 4.69) is 22.4 Å². The van der Waals surface area contributed by atoms with Gasteiger partial charge in [0, 0.05) is 109 Å². The van der Waals surface area contributed by atoms with Gasteiger partial charge in [0.2, 0.25) is 0 Å². The molecule has 7 atom stereocenters. The predicted octanol–water partition coefficient (Wildman–Crippen LogP) is 6.42. The van der Waals surface area contributed by atoms with E-state index < -0.39 is 53.2 Å². The highest BCUT2D eigenvalue weighted by atomic mass is 32.2. The molecule has 1 saturated heterocycles. The second kappa shape index (κ2) is 46.3. The van der Waals surface area contributed by atoms with Crippen molar-refractivity contribution in [3.05, 3.63) is 197 Å². The first-order valence-electron chi connectivity index (χ1n) is 43.3. The monoisotopic (exact) mass is 1870 g/mol. The number of methoxy groups -OCH3 is 2. The number of benzene rings is 5. The van der Waals surface area contributed by atoms with Crippen LogP contribution in [-0.4, -0.2) is 320 Å². The largest absolute Gasteiger partial charge is 0.493 e. The maximum Gasteiger partial charge on any atom is 0.339 e. The number of carbonyl (C=O) groups excluding carboxylic acids is 5. The van der Waals surface area contributed by atoms with Gasteiger partial charge in [0.15, 0.2) is 23.0 Å². The van der Waals surface area contributed by atoms with Crippen molar-refractivity contribution in [3.63, 3.8) is 0 Å². The Hall–Kier alpha value is -10.4. The van der Waals surface area contributed by atoms with Crippen molar-refractivity contribution in [3.8, 4) is 28.7 Å². The molecule has 14 rings (SSSR count). The molecule has 3 aromatic heterocycles. The Balaban J connectivity index is 0.541. The third kappa shape index (κ3) is 25.7. The third-order valence-corrected chi connectivity index (χ3v) is 25.9. The quantitative estimate of drug-likeness (QED) is 0.0138. The van der Waals surface area contributed by atoms with Gasteiger partial charge in [-0.1, -0.05) is 23.4 Å². The molecule has 0 spiro atoms. The summed E-state index contributed by atoms with van der Waals surface area (Å²) in [4.78, 5) is 83.9. The number of quaternary nitrogens is 1. The van der Waals surface area contributed by atoms with Crippen LogP contribution in [0, 0.1) is 0 Å². The number of aliphatic hydroxyl groups is 4. The van der Waals surface area contributed by atoms with Crippen LogP contribution in [0.5, 0.6) is 28.7 Å². The Morgan fingerprint density at radius 2 is 1.03 bits per heavy atom. The molecule has 1 fully saturated rings. The zero-order valence-corrected chi connectivity index (χ0v) is 76.2. The predicted molar refractivity (Wildman–Crippen MR) is 478 cm³/mol. The molecule has 5 aromatic carbocycles. The number of aromatic nitrogens is 3. The summed E-state index contributed by atoms with van der Waals surface area (Å²) in [5.41, 5.74) is 8.06. The van der Waals surface area contributed by atoms with Gasteiger partial charge in [0.05, 0.1) is 214 Å². The second-order valence-electron chi connectivity index (χ2n) is 32.6. The molecule has 0 bridgehead atoms. The molecule has 36 nitrogen and oxygen atoms in total. The van der Waals surface area contributed by atoms with Crippen LogP contribution in [0.1, 0.15) is 85.5 Å². The van der Waals surface area contributed by atoms with Crippen molar-refractivity contribution in [1.29, 1.82) is 0 Å². The first-order chi connectivity index (χ1) is 63.5. The lowest BCUT2D eigenvalue weighted by Gasteiger charge is -2.40. The number of ether oxygens (including phenoxy) is 14. The first-order valence-corrected chi connectivity index (χ1v) is 46.4. The SMILES string of the molecule is COc1cc2c(cc1OCc1cc(COc3cc4c(cc3OC)C(=O)N3Cc5ccsc5C[C@H]3C=N4)cc(C[N+](C)(C)Cc3ccc(S(=O)(=O)Oc4cc(C(=O)N(C)CCOCCOCCOCCn5cc(COCCOCCOCCOCCOCCOCCN6C(=O)C=CC6=O)nn5)ccc4C[C@H]4O[C@H](CO)[C@H](O)[C@H](O)C4O)cc3)c1)N=C[C@@H]1Cc3sccc3CN1C2=O. The molecule has 6 aliphatic rings. The van der Waals surface area contributed by atoms with Crippen LogP contribution in [0.2, 0.25) is 0 Å². The zero-order chi connectivity index (χ0) is 92.0. The van der Waals surface area contributed by atoms with Crippen LogP contribution in [0.3, 0.4) is 0 Å². The van der Waals surface area contributed by atoms with E-state index in [1.54, 1.807) is 77.0 Å². The van der Waals surface area contributed by atoms with E-state index in [1.807, 2.05) is 65.3 Å². The molecule has 0 radical (unpaired) electrons. The smallest absolute Gasteiger partial charge is 0.339 e. The van der Waals surface area contributed by atoms with Crippen LogP contribution in [0.25, 0.3) is 0 Å². The van der Waals surface area contributed by atoms with E-state index in [4.69, 9.17) is 80.5 Å².